The molecule has 0 saturated carbocycles. The van der Waals surface area contributed by atoms with E-state index in [1.54, 1.807) is 18.3 Å². The van der Waals surface area contributed by atoms with Crippen LogP contribution in [0.4, 0.5) is 4.79 Å². The van der Waals surface area contributed by atoms with Gasteiger partial charge in [-0.2, -0.15) is 0 Å². The number of hydrogen-bond donors (Lipinski definition) is 1. The lowest BCUT2D eigenvalue weighted by Gasteiger charge is -2.27. The first-order valence-corrected chi connectivity index (χ1v) is 11.3. The van der Waals surface area contributed by atoms with Crippen molar-refractivity contribution in [2.45, 2.75) is 32.4 Å². The molecule has 0 atom stereocenters. The molecule has 2 aliphatic heterocycles. The van der Waals surface area contributed by atoms with Gasteiger partial charge >= 0.3 is 6.03 Å². The number of benzene rings is 1. The van der Waals surface area contributed by atoms with Gasteiger partial charge in [0.05, 0.1) is 12.8 Å². The van der Waals surface area contributed by atoms with Crippen LogP contribution in [0.15, 0.2) is 58.8 Å². The second-order valence-electron chi connectivity index (χ2n) is 8.46. The van der Waals surface area contributed by atoms with Crippen molar-refractivity contribution >= 4 is 40.7 Å². The van der Waals surface area contributed by atoms with Crippen LogP contribution in [0.5, 0.6) is 0 Å². The van der Waals surface area contributed by atoms with Crippen LogP contribution in [0.1, 0.15) is 30.6 Å². The molecule has 2 fully saturated rings. The van der Waals surface area contributed by atoms with E-state index in [0.29, 0.717) is 11.3 Å². The SMILES string of the molecule is O=C1NC(=O)N(Cc2ccco2)C(=O)C1=Cc1cn(CC(=O)N2CCCCC2)c2ccccc12. The van der Waals surface area contributed by atoms with Crippen molar-refractivity contribution in [1.29, 1.82) is 0 Å². The molecule has 0 unspecified atom stereocenters. The lowest BCUT2D eigenvalue weighted by atomic mass is 10.1. The maximum absolute atomic E-state index is 13.1. The molecule has 4 heterocycles. The number of nitrogens with zero attached hydrogens (tertiary/aromatic N) is 3. The number of likely N-dealkylation sites (tertiary alicyclic amines) is 1. The number of barbiturate groups is 1. The number of aromatic nitrogens is 1. The Hall–Kier alpha value is -4.14. The molecule has 0 bridgehead atoms. The fourth-order valence-corrected chi connectivity index (χ4v) is 4.46. The first-order valence-electron chi connectivity index (χ1n) is 11.3. The lowest BCUT2D eigenvalue weighted by molar-refractivity contribution is -0.133. The van der Waals surface area contributed by atoms with Crippen LogP contribution in [0.25, 0.3) is 17.0 Å². The molecule has 1 aromatic carbocycles. The molecule has 1 N–H and O–H groups in total. The molecule has 5 rings (SSSR count). The lowest BCUT2D eigenvalue weighted by Crippen LogP contribution is -2.53. The number of piperidine rings is 1. The highest BCUT2D eigenvalue weighted by atomic mass is 16.3. The molecule has 34 heavy (non-hydrogen) atoms. The van der Waals surface area contributed by atoms with Crippen molar-refractivity contribution in [3.8, 4) is 0 Å². The first kappa shape index (κ1) is 21.7. The van der Waals surface area contributed by atoms with Gasteiger partial charge in [-0.15, -0.1) is 0 Å². The molecule has 174 valence electrons. The van der Waals surface area contributed by atoms with Gasteiger partial charge in [0.25, 0.3) is 11.8 Å². The summed E-state index contributed by atoms with van der Waals surface area (Å²) >= 11 is 0. The fourth-order valence-electron chi connectivity index (χ4n) is 4.46. The largest absolute Gasteiger partial charge is 0.467 e. The van der Waals surface area contributed by atoms with Gasteiger partial charge in [0.2, 0.25) is 5.91 Å². The third-order valence-corrected chi connectivity index (χ3v) is 6.21. The van der Waals surface area contributed by atoms with Crippen LogP contribution < -0.4 is 5.32 Å². The summed E-state index contributed by atoms with van der Waals surface area (Å²) in [6, 6.07) is 10.0. The highest BCUT2D eigenvalue weighted by molar-refractivity contribution is 6.31. The summed E-state index contributed by atoms with van der Waals surface area (Å²) in [7, 11) is 0. The minimum absolute atomic E-state index is 0.0429. The van der Waals surface area contributed by atoms with E-state index in [4.69, 9.17) is 4.42 Å². The van der Waals surface area contributed by atoms with Crippen molar-refractivity contribution < 1.29 is 23.6 Å². The van der Waals surface area contributed by atoms with Gasteiger partial charge < -0.3 is 13.9 Å². The average molecular weight is 460 g/mol. The Morgan fingerprint density at radius 3 is 2.59 bits per heavy atom. The number of amides is 5. The first-order chi connectivity index (χ1) is 16.5. The minimum Gasteiger partial charge on any atom is -0.467 e. The smallest absolute Gasteiger partial charge is 0.331 e. The summed E-state index contributed by atoms with van der Waals surface area (Å²) < 4.78 is 7.09. The van der Waals surface area contributed by atoms with E-state index in [1.165, 1.54) is 12.3 Å². The second-order valence-corrected chi connectivity index (χ2v) is 8.46. The molecule has 5 amide bonds. The number of nitrogens with one attached hydrogen (secondary N) is 1. The molecule has 0 spiro atoms. The van der Waals surface area contributed by atoms with E-state index in [0.717, 1.165) is 48.2 Å². The standard InChI is InChI=1S/C25H24N4O5/c30-22(27-10-4-1-5-11-27)16-28-14-17(19-8-2-3-9-21(19)28)13-20-23(31)26-25(33)29(24(20)32)15-18-7-6-12-34-18/h2-3,6-9,12-14H,1,4-5,10-11,15-16H2,(H,26,31,33). The number of carbonyl (C=O) groups is 4. The Labute approximate surface area is 195 Å². The van der Waals surface area contributed by atoms with E-state index in [2.05, 4.69) is 5.32 Å². The van der Waals surface area contributed by atoms with Gasteiger partial charge in [-0.1, -0.05) is 18.2 Å². The molecule has 3 aromatic rings. The number of rotatable bonds is 5. The minimum atomic E-state index is -0.793. The Morgan fingerprint density at radius 2 is 1.82 bits per heavy atom. The van der Waals surface area contributed by atoms with Crippen molar-refractivity contribution in [2.75, 3.05) is 13.1 Å². The summed E-state index contributed by atoms with van der Waals surface area (Å²) in [5.41, 5.74) is 1.29. The number of carbonyl (C=O) groups excluding carboxylic acids is 4. The molecule has 2 aromatic heterocycles. The highest BCUT2D eigenvalue weighted by Crippen LogP contribution is 2.26. The zero-order chi connectivity index (χ0) is 23.7. The van der Waals surface area contributed by atoms with E-state index in [-0.39, 0.29) is 24.6 Å². The number of imide groups is 2. The normalized spacial score (nSPS) is 18.1. The molecule has 0 radical (unpaired) electrons. The second kappa shape index (κ2) is 9.01. The molecular weight excluding hydrogens is 436 g/mol. The van der Waals surface area contributed by atoms with Gasteiger partial charge in [-0.3, -0.25) is 24.6 Å². The number of urea groups is 1. The van der Waals surface area contributed by atoms with E-state index < -0.39 is 17.8 Å². The van der Waals surface area contributed by atoms with Crippen LogP contribution in [-0.4, -0.2) is 51.2 Å². The van der Waals surface area contributed by atoms with Crippen molar-refractivity contribution in [3.05, 3.63) is 65.8 Å². The summed E-state index contributed by atoms with van der Waals surface area (Å²) in [6.07, 6.45) is 7.86. The van der Waals surface area contributed by atoms with Crippen LogP contribution in [-0.2, 0) is 27.5 Å². The van der Waals surface area contributed by atoms with Crippen molar-refractivity contribution in [3.63, 3.8) is 0 Å². The highest BCUT2D eigenvalue weighted by Gasteiger charge is 2.36. The van der Waals surface area contributed by atoms with Gasteiger partial charge in [-0.05, 0) is 43.5 Å². The van der Waals surface area contributed by atoms with Crippen LogP contribution in [0.3, 0.4) is 0 Å². The van der Waals surface area contributed by atoms with Crippen molar-refractivity contribution in [2.24, 2.45) is 0 Å². The fraction of sp³-hybridized carbons (Fsp3) is 0.280. The van der Waals surface area contributed by atoms with Gasteiger partial charge in [0.15, 0.2) is 0 Å². The molecule has 9 heteroatoms. The third kappa shape index (κ3) is 4.12. The monoisotopic (exact) mass is 460 g/mol. The topological polar surface area (TPSA) is 105 Å². The Balaban J connectivity index is 1.46. The Kier molecular flexibility index (Phi) is 5.75. The maximum atomic E-state index is 13.1. The van der Waals surface area contributed by atoms with Crippen LogP contribution in [0, 0.1) is 0 Å². The molecule has 2 saturated heterocycles. The number of hydrogen-bond acceptors (Lipinski definition) is 5. The molecule has 0 aliphatic carbocycles. The summed E-state index contributed by atoms with van der Waals surface area (Å²) in [6.45, 7) is 1.62. The zero-order valence-electron chi connectivity index (χ0n) is 18.5. The molecule has 9 nitrogen and oxygen atoms in total. The van der Waals surface area contributed by atoms with E-state index in [1.807, 2.05) is 33.7 Å². The zero-order valence-corrected chi connectivity index (χ0v) is 18.5. The summed E-state index contributed by atoms with van der Waals surface area (Å²) in [5, 5.41) is 3.02. The van der Waals surface area contributed by atoms with Crippen LogP contribution >= 0.6 is 0 Å². The van der Waals surface area contributed by atoms with Gasteiger partial charge in [0, 0.05) is 35.8 Å². The quantitative estimate of drug-likeness (QED) is 0.466. The van der Waals surface area contributed by atoms with E-state index in [9.17, 15) is 19.2 Å². The molecular formula is C25H24N4O5. The number of para-hydroxylation sites is 1. The summed E-state index contributed by atoms with van der Waals surface area (Å²) in [4.78, 5) is 53.6. The number of furan rings is 1. The predicted octanol–water partition coefficient (Wildman–Crippen LogP) is 2.91. The van der Waals surface area contributed by atoms with Crippen molar-refractivity contribution in [1.82, 2.24) is 19.7 Å². The predicted molar refractivity (Wildman–Crippen MR) is 123 cm³/mol. The Bertz CT molecular complexity index is 1300. The maximum Gasteiger partial charge on any atom is 0.331 e. The van der Waals surface area contributed by atoms with Gasteiger partial charge in [-0.25, -0.2) is 4.79 Å². The van der Waals surface area contributed by atoms with E-state index >= 15 is 0 Å². The third-order valence-electron chi connectivity index (χ3n) is 6.21. The molecule has 2 aliphatic rings. The van der Waals surface area contributed by atoms with Gasteiger partial charge in [0.1, 0.15) is 17.9 Å². The number of fused-ring (bicyclic) bond motifs is 1. The van der Waals surface area contributed by atoms with Crippen LogP contribution in [0.2, 0.25) is 0 Å². The summed E-state index contributed by atoms with van der Waals surface area (Å²) in [5.74, 6) is -0.996. The average Bonchev–Trinajstić information content (AvgIpc) is 3.48. The Morgan fingerprint density at radius 1 is 1.03 bits per heavy atom.